The maximum absolute atomic E-state index is 12.6. The van der Waals surface area contributed by atoms with Crippen molar-refractivity contribution in [3.05, 3.63) is 68.7 Å². The largest absolute Gasteiger partial charge is 0.393 e. The molecule has 3 rings (SSSR count). The zero-order chi connectivity index (χ0) is 17.3. The molecule has 0 radical (unpaired) electrons. The Balaban J connectivity index is 1.87. The van der Waals surface area contributed by atoms with Gasteiger partial charge in [-0.1, -0.05) is 23.7 Å². The SMILES string of the molecule is Nc1ccc(C(=O)NC2(c3ccc(Cl)cc3)CCC2)cc1[N+](=O)[O-]. The fourth-order valence-electron chi connectivity index (χ4n) is 2.92. The summed E-state index contributed by atoms with van der Waals surface area (Å²) in [5.41, 5.74) is 6.10. The molecule has 2 aromatic carbocycles. The smallest absolute Gasteiger partial charge is 0.292 e. The van der Waals surface area contributed by atoms with Crippen molar-refractivity contribution < 1.29 is 9.72 Å². The minimum atomic E-state index is -0.593. The lowest BCUT2D eigenvalue weighted by molar-refractivity contribution is -0.383. The molecule has 7 heteroatoms. The Bertz CT molecular complexity index is 801. The molecule has 2 aromatic rings. The molecule has 124 valence electrons. The Kier molecular flexibility index (Phi) is 4.15. The second kappa shape index (κ2) is 6.13. The van der Waals surface area contributed by atoms with Gasteiger partial charge in [0, 0.05) is 16.7 Å². The topological polar surface area (TPSA) is 98.3 Å². The van der Waals surface area contributed by atoms with Crippen LogP contribution in [-0.2, 0) is 5.54 Å². The molecular formula is C17H16ClN3O3. The molecule has 1 fully saturated rings. The van der Waals surface area contributed by atoms with Crippen LogP contribution in [0.25, 0.3) is 0 Å². The quantitative estimate of drug-likeness (QED) is 0.502. The van der Waals surface area contributed by atoms with Crippen molar-refractivity contribution in [3.63, 3.8) is 0 Å². The minimum Gasteiger partial charge on any atom is -0.393 e. The van der Waals surface area contributed by atoms with Crippen molar-refractivity contribution in [2.75, 3.05) is 5.73 Å². The number of nitrogens with one attached hydrogen (secondary N) is 1. The van der Waals surface area contributed by atoms with Gasteiger partial charge < -0.3 is 11.1 Å². The molecule has 0 unspecified atom stereocenters. The van der Waals surface area contributed by atoms with Gasteiger partial charge in [-0.25, -0.2) is 0 Å². The number of nitro benzene ring substituents is 1. The number of halogens is 1. The molecule has 1 aliphatic carbocycles. The first kappa shape index (κ1) is 16.3. The molecule has 0 aliphatic heterocycles. The number of carbonyl (C=O) groups excluding carboxylic acids is 1. The summed E-state index contributed by atoms with van der Waals surface area (Å²) < 4.78 is 0. The van der Waals surface area contributed by atoms with E-state index in [1.807, 2.05) is 12.1 Å². The molecule has 1 amide bonds. The summed E-state index contributed by atoms with van der Waals surface area (Å²) in [6.45, 7) is 0. The zero-order valence-corrected chi connectivity index (χ0v) is 13.5. The summed E-state index contributed by atoms with van der Waals surface area (Å²) in [5.74, 6) is -0.354. The number of benzene rings is 2. The van der Waals surface area contributed by atoms with Crippen LogP contribution < -0.4 is 11.1 Å². The van der Waals surface area contributed by atoms with Crippen LogP contribution in [0.4, 0.5) is 11.4 Å². The van der Waals surface area contributed by atoms with Gasteiger partial charge in [-0.05, 0) is 49.1 Å². The van der Waals surface area contributed by atoms with Gasteiger partial charge in [0.05, 0.1) is 10.5 Å². The van der Waals surface area contributed by atoms with Crippen molar-refractivity contribution in [2.24, 2.45) is 0 Å². The molecule has 1 saturated carbocycles. The summed E-state index contributed by atoms with van der Waals surface area (Å²) in [6, 6.07) is 11.4. The maximum Gasteiger partial charge on any atom is 0.292 e. The van der Waals surface area contributed by atoms with E-state index in [1.165, 1.54) is 18.2 Å². The van der Waals surface area contributed by atoms with Gasteiger partial charge in [0.2, 0.25) is 0 Å². The highest BCUT2D eigenvalue weighted by Crippen LogP contribution is 2.41. The van der Waals surface area contributed by atoms with E-state index in [0.29, 0.717) is 5.02 Å². The number of nitrogens with zero attached hydrogens (tertiary/aromatic N) is 1. The molecule has 1 aliphatic rings. The Morgan fingerprint density at radius 1 is 1.21 bits per heavy atom. The van der Waals surface area contributed by atoms with Gasteiger partial charge in [-0.3, -0.25) is 14.9 Å². The Labute approximate surface area is 143 Å². The highest BCUT2D eigenvalue weighted by Gasteiger charge is 2.40. The maximum atomic E-state index is 12.6. The Morgan fingerprint density at radius 2 is 1.88 bits per heavy atom. The Morgan fingerprint density at radius 3 is 2.42 bits per heavy atom. The van der Waals surface area contributed by atoms with E-state index in [4.69, 9.17) is 17.3 Å². The summed E-state index contributed by atoms with van der Waals surface area (Å²) in [7, 11) is 0. The van der Waals surface area contributed by atoms with E-state index in [9.17, 15) is 14.9 Å². The fourth-order valence-corrected chi connectivity index (χ4v) is 3.04. The van der Waals surface area contributed by atoms with Crippen LogP contribution in [0.3, 0.4) is 0 Å². The standard InChI is InChI=1S/C17H16ClN3O3/c18-13-5-3-12(4-6-13)17(8-1-9-17)20-16(22)11-2-7-14(19)15(10-11)21(23)24/h2-7,10H,1,8-9,19H2,(H,20,22). The zero-order valence-electron chi connectivity index (χ0n) is 12.8. The number of rotatable bonds is 4. The summed E-state index contributed by atoms with van der Waals surface area (Å²) in [6.07, 6.45) is 2.64. The van der Waals surface area contributed by atoms with Crippen LogP contribution in [-0.4, -0.2) is 10.8 Å². The monoisotopic (exact) mass is 345 g/mol. The molecule has 0 bridgehead atoms. The normalized spacial score (nSPS) is 15.4. The molecule has 3 N–H and O–H groups in total. The highest BCUT2D eigenvalue weighted by molar-refractivity contribution is 6.30. The first-order chi connectivity index (χ1) is 11.4. The average molecular weight is 346 g/mol. The van der Waals surface area contributed by atoms with Crippen LogP contribution >= 0.6 is 11.6 Å². The van der Waals surface area contributed by atoms with Gasteiger partial charge in [0.25, 0.3) is 11.6 Å². The predicted molar refractivity (Wildman–Crippen MR) is 92.0 cm³/mol. The second-order valence-corrected chi connectivity index (χ2v) is 6.36. The molecule has 0 aromatic heterocycles. The van der Waals surface area contributed by atoms with E-state index < -0.39 is 10.5 Å². The van der Waals surface area contributed by atoms with E-state index in [0.717, 1.165) is 24.8 Å². The number of hydrogen-bond acceptors (Lipinski definition) is 4. The molecule has 0 heterocycles. The first-order valence-corrected chi connectivity index (χ1v) is 7.92. The first-order valence-electron chi connectivity index (χ1n) is 7.54. The summed E-state index contributed by atoms with van der Waals surface area (Å²) in [5, 5.41) is 14.6. The van der Waals surface area contributed by atoms with Crippen molar-refractivity contribution >= 4 is 28.9 Å². The third-order valence-corrected chi connectivity index (χ3v) is 4.70. The van der Waals surface area contributed by atoms with Gasteiger partial charge in [-0.2, -0.15) is 0 Å². The summed E-state index contributed by atoms with van der Waals surface area (Å²) >= 11 is 5.92. The van der Waals surface area contributed by atoms with Crippen molar-refractivity contribution in [2.45, 2.75) is 24.8 Å². The van der Waals surface area contributed by atoms with Crippen molar-refractivity contribution in [1.82, 2.24) is 5.32 Å². The van der Waals surface area contributed by atoms with Crippen LogP contribution in [0.15, 0.2) is 42.5 Å². The number of nitrogen functional groups attached to an aromatic ring is 1. The van der Waals surface area contributed by atoms with Crippen LogP contribution in [0, 0.1) is 10.1 Å². The molecule has 0 saturated heterocycles. The fraction of sp³-hybridized carbons (Fsp3) is 0.235. The molecular weight excluding hydrogens is 330 g/mol. The number of carbonyl (C=O) groups is 1. The van der Waals surface area contributed by atoms with Crippen molar-refractivity contribution in [1.29, 1.82) is 0 Å². The molecule has 0 spiro atoms. The number of nitrogens with two attached hydrogens (primary N) is 1. The predicted octanol–water partition coefficient (Wildman–Crippen LogP) is 3.64. The van der Waals surface area contributed by atoms with E-state index in [1.54, 1.807) is 12.1 Å². The highest BCUT2D eigenvalue weighted by atomic mass is 35.5. The third-order valence-electron chi connectivity index (χ3n) is 4.45. The molecule has 6 nitrogen and oxygen atoms in total. The lowest BCUT2D eigenvalue weighted by Gasteiger charge is -2.43. The van der Waals surface area contributed by atoms with E-state index >= 15 is 0 Å². The minimum absolute atomic E-state index is 0.0348. The van der Waals surface area contributed by atoms with Gasteiger partial charge in [0.15, 0.2) is 0 Å². The van der Waals surface area contributed by atoms with Gasteiger partial charge >= 0.3 is 0 Å². The second-order valence-electron chi connectivity index (χ2n) is 5.93. The number of nitro groups is 1. The summed E-state index contributed by atoms with van der Waals surface area (Å²) in [4.78, 5) is 23.0. The lowest BCUT2D eigenvalue weighted by Crippen LogP contribution is -2.50. The number of anilines is 1. The van der Waals surface area contributed by atoms with Crippen LogP contribution in [0.1, 0.15) is 35.2 Å². The number of amides is 1. The molecule has 24 heavy (non-hydrogen) atoms. The van der Waals surface area contributed by atoms with E-state index in [2.05, 4.69) is 5.32 Å². The van der Waals surface area contributed by atoms with Crippen molar-refractivity contribution in [3.8, 4) is 0 Å². The van der Waals surface area contributed by atoms with E-state index in [-0.39, 0.29) is 22.8 Å². The Hall–Kier alpha value is -2.60. The van der Waals surface area contributed by atoms with Gasteiger partial charge in [-0.15, -0.1) is 0 Å². The lowest BCUT2D eigenvalue weighted by atomic mass is 9.71. The van der Waals surface area contributed by atoms with Gasteiger partial charge in [0.1, 0.15) is 5.69 Å². The number of hydrogen-bond donors (Lipinski definition) is 2. The van der Waals surface area contributed by atoms with Crippen LogP contribution in [0.2, 0.25) is 5.02 Å². The third kappa shape index (κ3) is 2.92. The molecule has 0 atom stereocenters. The van der Waals surface area contributed by atoms with Crippen LogP contribution in [0.5, 0.6) is 0 Å². The average Bonchev–Trinajstić information content (AvgIpc) is 2.52.